The third kappa shape index (κ3) is 3.65. The summed E-state index contributed by atoms with van der Waals surface area (Å²) in [5.41, 5.74) is 0.406. The smallest absolute Gasteiger partial charge is 0.342 e. The molecule has 23 heavy (non-hydrogen) atoms. The van der Waals surface area contributed by atoms with Crippen molar-refractivity contribution < 1.29 is 27.4 Å². The highest BCUT2D eigenvalue weighted by Gasteiger charge is 2.52. The SMILES string of the molecule is CCC1[C@H](NC(=O)Cc2csc(NC=O)n2)C(=O)N1S(=O)(=O)O. The minimum absolute atomic E-state index is 0.122. The van der Waals surface area contributed by atoms with Gasteiger partial charge in [-0.1, -0.05) is 6.92 Å². The molecule has 3 amide bonds. The summed E-state index contributed by atoms with van der Waals surface area (Å²) >= 11 is 1.14. The standard InChI is InChI=1S/C11H14N4O6S2/c1-2-7-9(10(18)15(7)23(19,20)21)14-8(17)3-6-4-22-11(13-6)12-5-16/h4-5,7,9H,2-3H2,1H3,(H,14,17)(H,12,13,16)(H,19,20,21)/t7?,9-/m0/s1. The van der Waals surface area contributed by atoms with Crippen molar-refractivity contribution in [1.82, 2.24) is 14.6 Å². The van der Waals surface area contributed by atoms with Crippen LogP contribution in [0.5, 0.6) is 0 Å². The molecule has 0 bridgehead atoms. The Morgan fingerprint density at radius 3 is 2.83 bits per heavy atom. The fourth-order valence-corrected chi connectivity index (χ4v) is 3.88. The van der Waals surface area contributed by atoms with Gasteiger partial charge in [0.2, 0.25) is 12.3 Å². The van der Waals surface area contributed by atoms with Crippen molar-refractivity contribution in [2.24, 2.45) is 0 Å². The molecule has 12 heteroatoms. The molecule has 1 aromatic heterocycles. The van der Waals surface area contributed by atoms with E-state index in [9.17, 15) is 22.8 Å². The van der Waals surface area contributed by atoms with Crippen LogP contribution in [-0.4, -0.2) is 52.6 Å². The summed E-state index contributed by atoms with van der Waals surface area (Å²) in [7, 11) is -4.63. The molecule has 2 atom stereocenters. The summed E-state index contributed by atoms with van der Waals surface area (Å²) in [5, 5.41) is 6.70. The van der Waals surface area contributed by atoms with Crippen molar-refractivity contribution in [3.8, 4) is 0 Å². The van der Waals surface area contributed by atoms with E-state index in [1.165, 1.54) is 0 Å². The second-order valence-electron chi connectivity index (χ2n) is 4.72. The average molecular weight is 362 g/mol. The maximum absolute atomic E-state index is 11.9. The number of carbonyl (C=O) groups is 3. The molecule has 3 N–H and O–H groups in total. The molecule has 1 saturated heterocycles. The number of anilines is 1. The topological polar surface area (TPSA) is 146 Å². The number of β-lactam (4-membered cyclic amide) rings is 1. The number of thiazole rings is 1. The highest BCUT2D eigenvalue weighted by Crippen LogP contribution is 2.26. The second kappa shape index (κ2) is 6.60. The molecule has 0 aromatic carbocycles. The van der Waals surface area contributed by atoms with E-state index in [0.29, 0.717) is 21.5 Å². The van der Waals surface area contributed by atoms with Gasteiger partial charge in [-0.15, -0.1) is 11.3 Å². The molecular formula is C11H14N4O6S2. The van der Waals surface area contributed by atoms with Crippen molar-refractivity contribution >= 4 is 45.0 Å². The molecule has 1 unspecified atom stereocenters. The van der Waals surface area contributed by atoms with Crippen LogP contribution in [0, 0.1) is 0 Å². The largest absolute Gasteiger partial charge is 0.362 e. The minimum Gasteiger partial charge on any atom is -0.342 e. The Hall–Kier alpha value is -2.05. The van der Waals surface area contributed by atoms with Gasteiger partial charge in [-0.2, -0.15) is 8.42 Å². The Kier molecular flexibility index (Phi) is 4.97. The monoisotopic (exact) mass is 362 g/mol. The Labute approximate surface area is 135 Å². The van der Waals surface area contributed by atoms with Crippen LogP contribution in [0.15, 0.2) is 5.38 Å². The van der Waals surface area contributed by atoms with Crippen LogP contribution in [0.2, 0.25) is 0 Å². The van der Waals surface area contributed by atoms with Crippen LogP contribution >= 0.6 is 11.3 Å². The predicted octanol–water partition coefficient (Wildman–Crippen LogP) is -0.838. The first-order chi connectivity index (χ1) is 10.8. The van der Waals surface area contributed by atoms with Crippen molar-refractivity contribution in [1.29, 1.82) is 0 Å². The third-order valence-electron chi connectivity index (χ3n) is 3.23. The number of aromatic nitrogens is 1. The van der Waals surface area contributed by atoms with Gasteiger partial charge < -0.3 is 10.6 Å². The molecule has 0 saturated carbocycles. The minimum atomic E-state index is -4.63. The molecule has 2 rings (SSSR count). The van der Waals surface area contributed by atoms with Gasteiger partial charge in [0, 0.05) is 5.38 Å². The molecule has 10 nitrogen and oxygen atoms in total. The molecule has 1 fully saturated rings. The fraction of sp³-hybridized carbons (Fsp3) is 0.455. The molecule has 1 aliphatic heterocycles. The normalized spacial score (nSPS) is 20.8. The molecule has 126 valence electrons. The van der Waals surface area contributed by atoms with Gasteiger partial charge in [-0.05, 0) is 6.42 Å². The highest BCUT2D eigenvalue weighted by molar-refractivity contribution is 7.84. The molecular weight excluding hydrogens is 348 g/mol. The number of nitrogens with zero attached hydrogens (tertiary/aromatic N) is 2. The Morgan fingerprint density at radius 2 is 2.26 bits per heavy atom. The van der Waals surface area contributed by atoms with E-state index in [4.69, 9.17) is 4.55 Å². The molecule has 1 aromatic rings. The Balaban J connectivity index is 1.97. The van der Waals surface area contributed by atoms with Crippen LogP contribution in [0.3, 0.4) is 0 Å². The van der Waals surface area contributed by atoms with Crippen molar-refractivity contribution in [2.75, 3.05) is 5.32 Å². The lowest BCUT2D eigenvalue weighted by atomic mass is 9.96. The fourth-order valence-electron chi connectivity index (χ4n) is 2.26. The Bertz CT molecular complexity index is 731. The van der Waals surface area contributed by atoms with Gasteiger partial charge in [-0.25, -0.2) is 9.29 Å². The maximum Gasteiger partial charge on any atom is 0.362 e. The lowest BCUT2D eigenvalue weighted by Gasteiger charge is -2.43. The van der Waals surface area contributed by atoms with E-state index in [1.807, 2.05) is 0 Å². The van der Waals surface area contributed by atoms with Gasteiger partial charge >= 0.3 is 10.3 Å². The lowest BCUT2D eigenvalue weighted by molar-refractivity contribution is -0.145. The second-order valence-corrected chi connectivity index (χ2v) is 6.86. The van der Waals surface area contributed by atoms with Crippen molar-refractivity contribution in [3.05, 3.63) is 11.1 Å². The van der Waals surface area contributed by atoms with Gasteiger partial charge in [-0.3, -0.25) is 18.9 Å². The van der Waals surface area contributed by atoms with Crippen LogP contribution in [0.4, 0.5) is 5.13 Å². The summed E-state index contributed by atoms with van der Waals surface area (Å²) in [6, 6.07) is -1.81. The first-order valence-electron chi connectivity index (χ1n) is 6.52. The van der Waals surface area contributed by atoms with Crippen LogP contribution in [0.1, 0.15) is 19.0 Å². The maximum atomic E-state index is 11.9. The Morgan fingerprint density at radius 1 is 1.57 bits per heavy atom. The van der Waals surface area contributed by atoms with E-state index in [1.54, 1.807) is 12.3 Å². The number of nitrogens with one attached hydrogen (secondary N) is 2. The lowest BCUT2D eigenvalue weighted by Crippen LogP contribution is -2.71. The number of hydrogen-bond acceptors (Lipinski definition) is 7. The van der Waals surface area contributed by atoms with E-state index in [-0.39, 0.29) is 12.8 Å². The number of carbonyl (C=O) groups excluding carboxylic acids is 3. The number of amides is 3. The molecule has 2 heterocycles. The highest BCUT2D eigenvalue weighted by atomic mass is 32.2. The first-order valence-corrected chi connectivity index (χ1v) is 8.80. The van der Waals surface area contributed by atoms with Crippen LogP contribution < -0.4 is 10.6 Å². The van der Waals surface area contributed by atoms with Crippen molar-refractivity contribution in [2.45, 2.75) is 31.8 Å². The third-order valence-corrected chi connectivity index (χ3v) is 5.00. The molecule has 0 radical (unpaired) electrons. The molecule has 1 aliphatic rings. The van der Waals surface area contributed by atoms with Crippen molar-refractivity contribution in [3.63, 3.8) is 0 Å². The molecule has 0 spiro atoms. The van der Waals surface area contributed by atoms with Gasteiger partial charge in [0.05, 0.1) is 18.2 Å². The zero-order chi connectivity index (χ0) is 17.2. The number of rotatable bonds is 7. The zero-order valence-corrected chi connectivity index (χ0v) is 13.6. The summed E-state index contributed by atoms with van der Waals surface area (Å²) in [6.07, 6.45) is 0.592. The quantitative estimate of drug-likeness (QED) is 0.326. The van der Waals surface area contributed by atoms with Gasteiger partial charge in [0.15, 0.2) is 5.13 Å². The summed E-state index contributed by atoms with van der Waals surface area (Å²) in [6.45, 7) is 1.63. The van der Waals surface area contributed by atoms with Crippen LogP contribution in [0.25, 0.3) is 0 Å². The van der Waals surface area contributed by atoms with E-state index in [2.05, 4.69) is 15.6 Å². The summed E-state index contributed by atoms with van der Waals surface area (Å²) in [4.78, 5) is 38.0. The summed E-state index contributed by atoms with van der Waals surface area (Å²) in [5.74, 6) is -1.39. The van der Waals surface area contributed by atoms with E-state index in [0.717, 1.165) is 11.3 Å². The first kappa shape index (κ1) is 17.3. The predicted molar refractivity (Wildman–Crippen MR) is 79.9 cm³/mol. The van der Waals surface area contributed by atoms with E-state index >= 15 is 0 Å². The van der Waals surface area contributed by atoms with Crippen LogP contribution in [-0.2, 0) is 31.1 Å². The summed E-state index contributed by atoms with van der Waals surface area (Å²) < 4.78 is 31.5. The van der Waals surface area contributed by atoms with E-state index < -0.39 is 34.2 Å². The molecule has 0 aliphatic carbocycles. The van der Waals surface area contributed by atoms with Gasteiger partial charge in [0.1, 0.15) is 6.04 Å². The number of hydrogen-bond donors (Lipinski definition) is 3. The van der Waals surface area contributed by atoms with Gasteiger partial charge in [0.25, 0.3) is 5.91 Å². The average Bonchev–Trinajstić information content (AvgIpc) is 2.87. The zero-order valence-electron chi connectivity index (χ0n) is 11.9.